The van der Waals surface area contributed by atoms with E-state index in [1.807, 2.05) is 29.2 Å². The summed E-state index contributed by atoms with van der Waals surface area (Å²) in [5, 5.41) is 3.95. The molecule has 9 nitrogen and oxygen atoms in total. The Morgan fingerprint density at radius 1 is 1.19 bits per heavy atom. The van der Waals surface area contributed by atoms with Crippen LogP contribution < -0.4 is 9.46 Å². The Bertz CT molecular complexity index is 1010. The van der Waals surface area contributed by atoms with Gasteiger partial charge in [-0.05, 0) is 36.5 Å². The van der Waals surface area contributed by atoms with Crippen LogP contribution in [0.4, 0.5) is 0 Å². The van der Waals surface area contributed by atoms with Gasteiger partial charge in [-0.3, -0.25) is 9.48 Å². The number of benzene rings is 1. The first-order chi connectivity index (χ1) is 14.9. The van der Waals surface area contributed by atoms with Crippen molar-refractivity contribution >= 4 is 15.9 Å². The molecule has 31 heavy (non-hydrogen) atoms. The highest BCUT2D eigenvalue weighted by atomic mass is 32.2. The van der Waals surface area contributed by atoms with E-state index in [2.05, 4.69) is 9.82 Å². The number of nitrogens with one attached hydrogen (secondary N) is 1. The van der Waals surface area contributed by atoms with Gasteiger partial charge in [-0.2, -0.15) is 5.10 Å². The Balaban J connectivity index is 1.57. The SMILES string of the molecule is COc1ccc([C@H]2C[C@H](NS(=O)(=O)c3cnn(C)c3)C[C@@H]2C(=O)N2CCOCC2)cc1. The molecule has 0 bridgehead atoms. The van der Waals surface area contributed by atoms with Crippen LogP contribution in [0.5, 0.6) is 5.75 Å². The summed E-state index contributed by atoms with van der Waals surface area (Å²) in [6.45, 7) is 2.19. The van der Waals surface area contributed by atoms with Gasteiger partial charge in [0.15, 0.2) is 0 Å². The fraction of sp³-hybridized carbons (Fsp3) is 0.524. The molecule has 1 aliphatic heterocycles. The number of rotatable bonds is 6. The minimum absolute atomic E-state index is 0.0622. The van der Waals surface area contributed by atoms with Crippen LogP contribution >= 0.6 is 0 Å². The van der Waals surface area contributed by atoms with Crippen LogP contribution in [-0.2, 0) is 26.6 Å². The molecule has 0 spiro atoms. The van der Waals surface area contributed by atoms with Gasteiger partial charge in [0.05, 0.1) is 26.5 Å². The van der Waals surface area contributed by atoms with Crippen LogP contribution in [0.15, 0.2) is 41.6 Å². The van der Waals surface area contributed by atoms with Crippen molar-refractivity contribution in [3.63, 3.8) is 0 Å². The highest BCUT2D eigenvalue weighted by Crippen LogP contribution is 2.42. The Kier molecular flexibility index (Phi) is 6.31. The van der Waals surface area contributed by atoms with Crippen molar-refractivity contribution < 1.29 is 22.7 Å². The van der Waals surface area contributed by atoms with Crippen LogP contribution in [0, 0.1) is 5.92 Å². The van der Waals surface area contributed by atoms with Crippen molar-refractivity contribution in [1.82, 2.24) is 19.4 Å². The zero-order chi connectivity index (χ0) is 22.0. The summed E-state index contributed by atoms with van der Waals surface area (Å²) >= 11 is 0. The number of aryl methyl sites for hydroxylation is 1. The van der Waals surface area contributed by atoms with Gasteiger partial charge in [0.25, 0.3) is 0 Å². The van der Waals surface area contributed by atoms with Crippen LogP contribution in [0.25, 0.3) is 0 Å². The quantitative estimate of drug-likeness (QED) is 0.711. The van der Waals surface area contributed by atoms with E-state index in [1.54, 1.807) is 14.2 Å². The maximum absolute atomic E-state index is 13.3. The second kappa shape index (κ2) is 8.97. The Morgan fingerprint density at radius 2 is 1.90 bits per heavy atom. The van der Waals surface area contributed by atoms with Gasteiger partial charge in [-0.25, -0.2) is 13.1 Å². The summed E-state index contributed by atoms with van der Waals surface area (Å²) in [7, 11) is -0.430. The maximum atomic E-state index is 13.3. The van der Waals surface area contributed by atoms with Gasteiger partial charge >= 0.3 is 0 Å². The lowest BCUT2D eigenvalue weighted by atomic mass is 9.88. The smallest absolute Gasteiger partial charge is 0.243 e. The molecule has 1 aliphatic carbocycles. The molecule has 4 rings (SSSR count). The lowest BCUT2D eigenvalue weighted by molar-refractivity contribution is -0.140. The molecule has 1 aromatic carbocycles. The number of hydrogen-bond acceptors (Lipinski definition) is 6. The zero-order valence-electron chi connectivity index (χ0n) is 17.7. The largest absolute Gasteiger partial charge is 0.497 e. The minimum Gasteiger partial charge on any atom is -0.497 e. The second-order valence-corrected chi connectivity index (χ2v) is 9.78. The zero-order valence-corrected chi connectivity index (χ0v) is 18.5. The van der Waals surface area contributed by atoms with Gasteiger partial charge in [-0.15, -0.1) is 0 Å². The summed E-state index contributed by atoms with van der Waals surface area (Å²) in [6.07, 6.45) is 3.79. The number of ether oxygens (including phenoxy) is 2. The van der Waals surface area contributed by atoms with Crippen molar-refractivity contribution in [2.75, 3.05) is 33.4 Å². The summed E-state index contributed by atoms with van der Waals surface area (Å²) < 4.78 is 40.5. The van der Waals surface area contributed by atoms with E-state index in [0.29, 0.717) is 39.1 Å². The number of methoxy groups -OCH3 is 1. The molecule has 2 aliphatic rings. The highest BCUT2D eigenvalue weighted by Gasteiger charge is 2.43. The number of sulfonamides is 1. The van der Waals surface area contributed by atoms with E-state index < -0.39 is 10.0 Å². The molecular weight excluding hydrogens is 420 g/mol. The minimum atomic E-state index is -3.71. The lowest BCUT2D eigenvalue weighted by Crippen LogP contribution is -2.44. The van der Waals surface area contributed by atoms with Gasteiger partial charge in [0.2, 0.25) is 15.9 Å². The molecule has 1 aromatic heterocycles. The van der Waals surface area contributed by atoms with Crippen molar-refractivity contribution in [1.29, 1.82) is 0 Å². The first kappa shape index (κ1) is 21.8. The van der Waals surface area contributed by atoms with Crippen LogP contribution in [0.2, 0.25) is 0 Å². The third-order valence-electron chi connectivity index (χ3n) is 6.06. The highest BCUT2D eigenvalue weighted by molar-refractivity contribution is 7.89. The average molecular weight is 449 g/mol. The fourth-order valence-corrected chi connectivity index (χ4v) is 5.71. The molecule has 1 saturated heterocycles. The molecule has 1 amide bonds. The van der Waals surface area contributed by atoms with E-state index in [-0.39, 0.29) is 28.7 Å². The standard InChI is InChI=1S/C21H28N4O5S/c1-24-14-18(13-22-24)31(27,28)23-16-11-19(15-3-5-17(29-2)6-4-15)20(12-16)21(26)25-7-9-30-10-8-25/h3-6,13-14,16,19-20,23H,7-12H2,1-2H3/t16-,19+,20-/m0/s1. The van der Waals surface area contributed by atoms with Crippen LogP contribution in [0.1, 0.15) is 24.3 Å². The lowest BCUT2D eigenvalue weighted by Gasteiger charge is -2.31. The topological polar surface area (TPSA) is 103 Å². The third kappa shape index (κ3) is 4.76. The average Bonchev–Trinajstić information content (AvgIpc) is 3.40. The Labute approximate surface area is 182 Å². The number of aromatic nitrogens is 2. The van der Waals surface area contributed by atoms with Crippen LogP contribution in [0.3, 0.4) is 0 Å². The van der Waals surface area contributed by atoms with Crippen molar-refractivity contribution in [2.24, 2.45) is 13.0 Å². The fourth-order valence-electron chi connectivity index (χ4n) is 4.47. The predicted molar refractivity (Wildman–Crippen MR) is 113 cm³/mol. The maximum Gasteiger partial charge on any atom is 0.243 e. The molecule has 168 valence electrons. The number of carbonyl (C=O) groups is 1. The molecular formula is C21H28N4O5S. The monoisotopic (exact) mass is 448 g/mol. The number of nitrogens with zero attached hydrogens (tertiary/aromatic N) is 3. The molecule has 0 unspecified atom stereocenters. The van der Waals surface area contributed by atoms with Crippen molar-refractivity contribution in [3.8, 4) is 5.75 Å². The molecule has 1 saturated carbocycles. The Morgan fingerprint density at radius 3 is 2.52 bits per heavy atom. The predicted octanol–water partition coefficient (Wildman–Crippen LogP) is 1.13. The van der Waals surface area contributed by atoms with Gasteiger partial charge in [0, 0.05) is 38.3 Å². The molecule has 0 radical (unpaired) electrons. The van der Waals surface area contributed by atoms with E-state index in [9.17, 15) is 13.2 Å². The van der Waals surface area contributed by atoms with Gasteiger partial charge in [-0.1, -0.05) is 12.1 Å². The van der Waals surface area contributed by atoms with Gasteiger partial charge in [0.1, 0.15) is 10.6 Å². The molecule has 3 atom stereocenters. The molecule has 2 fully saturated rings. The van der Waals surface area contributed by atoms with Crippen molar-refractivity contribution in [2.45, 2.75) is 29.7 Å². The van der Waals surface area contributed by atoms with E-state index in [0.717, 1.165) is 11.3 Å². The third-order valence-corrected chi connectivity index (χ3v) is 7.53. The second-order valence-electron chi connectivity index (χ2n) is 8.06. The van der Waals surface area contributed by atoms with Crippen LogP contribution in [-0.4, -0.2) is 68.5 Å². The summed E-state index contributed by atoms with van der Waals surface area (Å²) in [5.41, 5.74) is 1.01. The number of carbonyl (C=O) groups excluding carboxylic acids is 1. The summed E-state index contributed by atoms with van der Waals surface area (Å²) in [6, 6.07) is 7.33. The summed E-state index contributed by atoms with van der Waals surface area (Å²) in [4.78, 5) is 15.3. The van der Waals surface area contributed by atoms with E-state index >= 15 is 0 Å². The normalized spacial score (nSPS) is 24.3. The van der Waals surface area contributed by atoms with E-state index in [1.165, 1.54) is 17.1 Å². The number of hydrogen-bond donors (Lipinski definition) is 1. The molecule has 2 heterocycles. The van der Waals surface area contributed by atoms with E-state index in [4.69, 9.17) is 9.47 Å². The van der Waals surface area contributed by atoms with Gasteiger partial charge < -0.3 is 14.4 Å². The first-order valence-electron chi connectivity index (χ1n) is 10.4. The number of morpholine rings is 1. The molecule has 2 aromatic rings. The van der Waals surface area contributed by atoms with Crippen molar-refractivity contribution in [3.05, 3.63) is 42.2 Å². The molecule has 1 N–H and O–H groups in total. The first-order valence-corrected chi connectivity index (χ1v) is 11.9. The number of amides is 1. The summed E-state index contributed by atoms with van der Waals surface area (Å²) in [5.74, 6) is 0.426. The Hall–Kier alpha value is -2.43. The molecule has 10 heteroatoms.